The summed E-state index contributed by atoms with van der Waals surface area (Å²) < 4.78 is 3.99. The van der Waals surface area contributed by atoms with Crippen LogP contribution in [0.5, 0.6) is 0 Å². The number of carbonyl (C=O) groups excluding carboxylic acids is 1. The van der Waals surface area contributed by atoms with Gasteiger partial charge in [-0.1, -0.05) is 6.92 Å². The zero-order chi connectivity index (χ0) is 29.0. The molecule has 0 aliphatic rings. The molecule has 14 heteroatoms. The molecular formula is C26H28Br2N9O3+. The molecule has 40 heavy (non-hydrogen) atoms. The maximum absolute atomic E-state index is 12.7. The monoisotopic (exact) mass is 672 g/mol. The number of hydrogen-bond acceptors (Lipinski definition) is 8. The van der Waals surface area contributed by atoms with Gasteiger partial charge in [0.25, 0.3) is 0 Å². The van der Waals surface area contributed by atoms with Gasteiger partial charge < -0.3 is 29.8 Å². The van der Waals surface area contributed by atoms with Gasteiger partial charge in [0.2, 0.25) is 11.7 Å². The number of nitrogens with zero attached hydrogens (tertiary/aromatic N) is 7. The molecule has 4 rings (SSSR count). The Kier molecular flexibility index (Phi) is 8.91. The number of aryl methyl sites for hydroxylation is 1. The number of carbonyl (C=O) groups is 1. The first kappa shape index (κ1) is 29.2. The number of likely N-dealkylation sites (N-methyl/N-ethyl adjacent to an activating group) is 1. The fourth-order valence-electron chi connectivity index (χ4n) is 4.13. The first-order chi connectivity index (χ1) is 19.0. The quantitative estimate of drug-likeness (QED) is 0.100. The Morgan fingerprint density at radius 2 is 1.95 bits per heavy atom. The normalized spacial score (nSPS) is 11.8. The van der Waals surface area contributed by atoms with E-state index in [1.807, 2.05) is 39.2 Å². The summed E-state index contributed by atoms with van der Waals surface area (Å²) in [5.41, 5.74) is 1.99. The fraction of sp³-hybridized carbons (Fsp3) is 0.269. The van der Waals surface area contributed by atoms with Crippen LogP contribution in [-0.2, 0) is 24.8 Å². The van der Waals surface area contributed by atoms with Crippen LogP contribution in [0.15, 0.2) is 57.9 Å². The van der Waals surface area contributed by atoms with Crippen LogP contribution in [0.2, 0.25) is 0 Å². The lowest BCUT2D eigenvalue weighted by atomic mass is 10.2. The van der Waals surface area contributed by atoms with E-state index in [4.69, 9.17) is 0 Å². The van der Waals surface area contributed by atoms with Gasteiger partial charge in [-0.2, -0.15) is 0 Å². The van der Waals surface area contributed by atoms with Crippen molar-refractivity contribution in [2.75, 3.05) is 31.3 Å². The van der Waals surface area contributed by atoms with E-state index in [0.717, 1.165) is 14.6 Å². The summed E-state index contributed by atoms with van der Waals surface area (Å²) in [5.74, 6) is 1.11. The van der Waals surface area contributed by atoms with E-state index in [1.165, 1.54) is 12.4 Å². The minimum atomic E-state index is -0.446. The lowest BCUT2D eigenvalue weighted by molar-refractivity contribution is -0.898. The highest BCUT2D eigenvalue weighted by Crippen LogP contribution is 2.29. The molecule has 0 aliphatic carbocycles. The number of nitro groups is 1. The predicted molar refractivity (Wildman–Crippen MR) is 160 cm³/mol. The number of nitrogens with one attached hydrogen (secondary N) is 2. The fourth-order valence-corrected chi connectivity index (χ4v) is 4.75. The molecule has 3 aromatic heterocycles. The van der Waals surface area contributed by atoms with Crippen LogP contribution in [0.4, 0.5) is 23.1 Å². The molecule has 0 bridgehead atoms. The van der Waals surface area contributed by atoms with Crippen molar-refractivity contribution < 1.29 is 14.2 Å². The molecule has 208 valence electrons. The predicted octanol–water partition coefficient (Wildman–Crippen LogP) is 5.27. The number of imidazole rings is 1. The molecule has 0 saturated heterocycles. The van der Waals surface area contributed by atoms with E-state index in [2.05, 4.69) is 62.4 Å². The average molecular weight is 674 g/mol. The van der Waals surface area contributed by atoms with Crippen LogP contribution < -0.4 is 10.6 Å². The number of hydrogen-bond donors (Lipinski definition) is 2. The number of halogens is 2. The van der Waals surface area contributed by atoms with Crippen molar-refractivity contribution in [1.82, 2.24) is 24.5 Å². The van der Waals surface area contributed by atoms with Gasteiger partial charge in [-0.3, -0.25) is 4.79 Å². The molecule has 12 nitrogen and oxygen atoms in total. The number of benzene rings is 1. The second-order valence-electron chi connectivity index (χ2n) is 9.70. The van der Waals surface area contributed by atoms with Crippen molar-refractivity contribution in [2.45, 2.75) is 19.9 Å². The Bertz CT molecular complexity index is 1620. The van der Waals surface area contributed by atoms with E-state index in [0.29, 0.717) is 58.1 Å². The van der Waals surface area contributed by atoms with Crippen molar-refractivity contribution in [1.29, 1.82) is 0 Å². The summed E-state index contributed by atoms with van der Waals surface area (Å²) in [4.78, 5) is 40.9. The Morgan fingerprint density at radius 3 is 2.65 bits per heavy atom. The number of pyridine rings is 1. The van der Waals surface area contributed by atoms with Crippen LogP contribution in [0.3, 0.4) is 0 Å². The van der Waals surface area contributed by atoms with Crippen LogP contribution in [0.25, 0.3) is 10.9 Å². The number of fused-ring (bicyclic) bond motifs is 1. The topological polar surface area (TPSA) is 141 Å². The van der Waals surface area contributed by atoms with Crippen molar-refractivity contribution in [3.05, 3.63) is 79.5 Å². The molecule has 0 atom stereocenters. The summed E-state index contributed by atoms with van der Waals surface area (Å²) in [5, 5.41) is 18.3. The van der Waals surface area contributed by atoms with Gasteiger partial charge in [0.15, 0.2) is 5.69 Å². The second kappa shape index (κ2) is 12.2. The van der Waals surface area contributed by atoms with Gasteiger partial charge in [0, 0.05) is 39.6 Å². The summed E-state index contributed by atoms with van der Waals surface area (Å²) in [7, 11) is 5.67. The summed E-state index contributed by atoms with van der Waals surface area (Å²) in [6.45, 7) is 2.75. The maximum Gasteiger partial charge on any atom is 0.391 e. The maximum atomic E-state index is 12.7. The van der Waals surface area contributed by atoms with Crippen LogP contribution in [-0.4, -0.2) is 60.5 Å². The largest absolute Gasteiger partial charge is 0.391 e. The van der Waals surface area contributed by atoms with E-state index < -0.39 is 4.92 Å². The van der Waals surface area contributed by atoms with Crippen LogP contribution in [0.1, 0.15) is 18.4 Å². The Morgan fingerprint density at radius 1 is 1.18 bits per heavy atom. The number of rotatable bonds is 10. The number of amides is 1. The molecule has 0 radical (unpaired) electrons. The molecule has 1 aromatic carbocycles. The van der Waals surface area contributed by atoms with E-state index in [9.17, 15) is 14.9 Å². The highest BCUT2D eigenvalue weighted by molar-refractivity contribution is 9.13. The molecule has 0 unspecified atom stereocenters. The van der Waals surface area contributed by atoms with Crippen LogP contribution in [0, 0.1) is 10.1 Å². The molecule has 4 aromatic rings. The van der Waals surface area contributed by atoms with Gasteiger partial charge in [-0.05, 0) is 72.1 Å². The molecule has 3 heterocycles. The molecule has 1 amide bonds. The molecular weight excluding hydrogens is 646 g/mol. The Labute approximate surface area is 247 Å². The van der Waals surface area contributed by atoms with E-state index >= 15 is 0 Å². The smallest absolute Gasteiger partial charge is 0.358 e. The molecule has 0 saturated carbocycles. The number of quaternary nitrogens is 1. The molecule has 2 N–H and O–H groups in total. The highest BCUT2D eigenvalue weighted by Gasteiger charge is 2.30. The lowest BCUT2D eigenvalue weighted by Crippen LogP contribution is -2.39. The number of anilines is 3. The van der Waals surface area contributed by atoms with Gasteiger partial charge in [0.05, 0.1) is 32.4 Å². The van der Waals surface area contributed by atoms with Crippen molar-refractivity contribution >= 4 is 71.8 Å². The van der Waals surface area contributed by atoms with Crippen LogP contribution >= 0.6 is 31.9 Å². The van der Waals surface area contributed by atoms with Gasteiger partial charge in [-0.15, -0.1) is 0 Å². The highest BCUT2D eigenvalue weighted by atomic mass is 79.9. The van der Waals surface area contributed by atoms with Crippen molar-refractivity contribution in [2.24, 2.45) is 7.05 Å². The molecule has 0 aliphatic heterocycles. The van der Waals surface area contributed by atoms with E-state index in [1.54, 1.807) is 30.0 Å². The van der Waals surface area contributed by atoms with Gasteiger partial charge >= 0.3 is 5.82 Å². The lowest BCUT2D eigenvalue weighted by Gasteiger charge is -2.28. The third-order valence-corrected chi connectivity index (χ3v) is 8.06. The standard InChI is InChI=1S/C26H27Br2N9O3/c1-5-23-34-26(36(39)40)21(35(23)2)14-37(3,4)10-6-7-24(38)33-22-12-17-20(13-29-22)30-15-31-25(17)32-16-8-9-18(27)19(28)11-16/h6-9,11-13,15H,5,10,14H2,1-4H3,(H-,29,30,31,32,33,38)/p+1/b7-6+. The molecule has 0 spiro atoms. The Balaban J connectivity index is 1.44. The summed E-state index contributed by atoms with van der Waals surface area (Å²) >= 11 is 6.96. The number of aromatic nitrogens is 5. The summed E-state index contributed by atoms with van der Waals surface area (Å²) in [6, 6.07) is 7.45. The zero-order valence-corrected chi connectivity index (χ0v) is 25.5. The van der Waals surface area contributed by atoms with Crippen molar-refractivity contribution in [3.8, 4) is 0 Å². The van der Waals surface area contributed by atoms with Crippen molar-refractivity contribution in [3.63, 3.8) is 0 Å². The first-order valence-corrected chi connectivity index (χ1v) is 13.9. The van der Waals surface area contributed by atoms with Gasteiger partial charge in [0.1, 0.15) is 24.5 Å². The second-order valence-corrected chi connectivity index (χ2v) is 11.4. The summed E-state index contributed by atoms with van der Waals surface area (Å²) in [6.07, 6.45) is 6.79. The minimum Gasteiger partial charge on any atom is -0.358 e. The first-order valence-electron chi connectivity index (χ1n) is 12.3. The average Bonchev–Trinajstić information content (AvgIpc) is 3.21. The SMILES string of the molecule is CCc1nc([N+](=O)[O-])c(C[N+](C)(C)C/C=C/C(=O)Nc2cc3c(Nc4ccc(Br)c(Br)c4)ncnc3cn2)n1C. The Hall–Kier alpha value is -3.75. The molecule has 0 fully saturated rings. The minimum absolute atomic E-state index is 0.125. The third-order valence-electron chi connectivity index (χ3n) is 6.18. The third kappa shape index (κ3) is 6.87. The van der Waals surface area contributed by atoms with E-state index in [-0.39, 0.29) is 11.7 Å². The van der Waals surface area contributed by atoms with Gasteiger partial charge in [-0.25, -0.2) is 15.0 Å². The zero-order valence-electron chi connectivity index (χ0n) is 22.4.